The number of benzene rings is 1. The van der Waals surface area contributed by atoms with Crippen LogP contribution in [0.2, 0.25) is 0 Å². The van der Waals surface area contributed by atoms with Gasteiger partial charge in [-0.25, -0.2) is 15.0 Å². The molecule has 4 rings (SSSR count). The molecule has 1 aliphatic heterocycles. The van der Waals surface area contributed by atoms with Gasteiger partial charge in [0.25, 0.3) is 0 Å². The van der Waals surface area contributed by atoms with Crippen LogP contribution in [0.4, 0.5) is 5.95 Å². The van der Waals surface area contributed by atoms with Crippen LogP contribution in [-0.2, 0) is 6.54 Å². The molecule has 1 saturated heterocycles. The molecule has 0 amide bonds. The zero-order valence-corrected chi connectivity index (χ0v) is 17.8. The van der Waals surface area contributed by atoms with Crippen LogP contribution in [0, 0.1) is 6.92 Å². The normalized spacial score (nSPS) is 15.1. The Morgan fingerprint density at radius 3 is 2.60 bits per heavy atom. The van der Waals surface area contributed by atoms with E-state index in [4.69, 9.17) is 4.99 Å². The third kappa shape index (κ3) is 4.53. The van der Waals surface area contributed by atoms with Crippen molar-refractivity contribution in [2.75, 3.05) is 44.2 Å². The second kappa shape index (κ2) is 9.56. The maximum atomic E-state index is 4.89. The van der Waals surface area contributed by atoms with E-state index in [0.29, 0.717) is 0 Å². The van der Waals surface area contributed by atoms with Gasteiger partial charge < -0.3 is 19.7 Å². The minimum Gasteiger partial charge on any atom is -0.357 e. The lowest BCUT2D eigenvalue weighted by Gasteiger charge is -2.36. The molecular formula is C22H30N8. The first-order chi connectivity index (χ1) is 14.8. The largest absolute Gasteiger partial charge is 0.357 e. The molecule has 3 aromatic rings. The molecule has 0 unspecified atom stereocenters. The van der Waals surface area contributed by atoms with Crippen molar-refractivity contribution >= 4 is 22.9 Å². The van der Waals surface area contributed by atoms with Crippen LogP contribution in [-0.4, -0.2) is 69.6 Å². The first-order valence-corrected chi connectivity index (χ1v) is 10.7. The number of nitrogens with one attached hydrogen (secondary N) is 1. The van der Waals surface area contributed by atoms with Crippen LogP contribution < -0.4 is 10.2 Å². The summed E-state index contributed by atoms with van der Waals surface area (Å²) in [5.41, 5.74) is 2.26. The molecule has 30 heavy (non-hydrogen) atoms. The van der Waals surface area contributed by atoms with E-state index in [1.165, 1.54) is 5.52 Å². The number of nitrogens with zero attached hydrogens (tertiary/aromatic N) is 7. The Kier molecular flexibility index (Phi) is 6.41. The Hall–Kier alpha value is -3.16. The van der Waals surface area contributed by atoms with Gasteiger partial charge in [0.05, 0.1) is 11.0 Å². The molecule has 158 valence electrons. The number of hydrogen-bond acceptors (Lipinski definition) is 5. The van der Waals surface area contributed by atoms with Gasteiger partial charge in [0.1, 0.15) is 5.82 Å². The summed E-state index contributed by atoms with van der Waals surface area (Å²) in [7, 11) is 0. The van der Waals surface area contributed by atoms with E-state index < -0.39 is 0 Å². The molecule has 1 aromatic carbocycles. The van der Waals surface area contributed by atoms with Crippen molar-refractivity contribution < 1.29 is 0 Å². The van der Waals surface area contributed by atoms with Gasteiger partial charge in [0.15, 0.2) is 5.96 Å². The Morgan fingerprint density at radius 2 is 1.83 bits per heavy atom. The molecule has 2 aromatic heterocycles. The molecule has 0 radical (unpaired) electrons. The zero-order chi connectivity index (χ0) is 20.8. The first-order valence-electron chi connectivity index (χ1n) is 10.7. The molecule has 0 atom stereocenters. The topological polar surface area (TPSA) is 74.5 Å². The van der Waals surface area contributed by atoms with Gasteiger partial charge in [0.2, 0.25) is 5.95 Å². The molecule has 3 heterocycles. The van der Waals surface area contributed by atoms with E-state index in [0.717, 1.165) is 75.5 Å². The molecular weight excluding hydrogens is 376 g/mol. The minimum absolute atomic E-state index is 0.788. The molecule has 0 saturated carbocycles. The number of aryl methyl sites for hydroxylation is 2. The highest BCUT2D eigenvalue weighted by Crippen LogP contribution is 2.16. The van der Waals surface area contributed by atoms with Crippen molar-refractivity contribution in [3.8, 4) is 0 Å². The summed E-state index contributed by atoms with van der Waals surface area (Å²) in [6.07, 6.45) is 4.57. The predicted octanol–water partition coefficient (Wildman–Crippen LogP) is 2.31. The highest BCUT2D eigenvalue weighted by Gasteiger charge is 2.21. The maximum absolute atomic E-state index is 4.89. The third-order valence-corrected chi connectivity index (χ3v) is 5.40. The smallest absolute Gasteiger partial charge is 0.225 e. The third-order valence-electron chi connectivity index (χ3n) is 5.40. The summed E-state index contributed by atoms with van der Waals surface area (Å²) in [6, 6.07) is 10.2. The molecule has 0 bridgehead atoms. The monoisotopic (exact) mass is 406 g/mol. The highest BCUT2D eigenvalue weighted by molar-refractivity contribution is 5.80. The fourth-order valence-electron chi connectivity index (χ4n) is 3.89. The zero-order valence-electron chi connectivity index (χ0n) is 17.8. The summed E-state index contributed by atoms with van der Waals surface area (Å²) in [5.74, 6) is 2.87. The van der Waals surface area contributed by atoms with Crippen LogP contribution in [0.15, 0.2) is 47.7 Å². The number of guanidine groups is 1. The van der Waals surface area contributed by atoms with Gasteiger partial charge >= 0.3 is 0 Å². The van der Waals surface area contributed by atoms with Gasteiger partial charge in [-0.3, -0.25) is 4.99 Å². The van der Waals surface area contributed by atoms with Crippen LogP contribution in [0.5, 0.6) is 0 Å². The molecule has 1 aliphatic rings. The van der Waals surface area contributed by atoms with Crippen molar-refractivity contribution in [1.29, 1.82) is 0 Å². The first kappa shape index (κ1) is 20.1. The van der Waals surface area contributed by atoms with Crippen LogP contribution >= 0.6 is 0 Å². The Labute approximate surface area is 177 Å². The summed E-state index contributed by atoms with van der Waals surface area (Å²) in [4.78, 5) is 22.8. The number of aromatic nitrogens is 4. The van der Waals surface area contributed by atoms with E-state index in [-0.39, 0.29) is 0 Å². The second-order valence-corrected chi connectivity index (χ2v) is 7.41. The van der Waals surface area contributed by atoms with Crippen molar-refractivity contribution in [2.24, 2.45) is 4.99 Å². The Morgan fingerprint density at radius 1 is 1.07 bits per heavy atom. The van der Waals surface area contributed by atoms with Crippen LogP contribution in [0.25, 0.3) is 11.0 Å². The van der Waals surface area contributed by atoms with E-state index in [1.807, 2.05) is 12.1 Å². The Bertz CT molecular complexity index is 973. The lowest BCUT2D eigenvalue weighted by molar-refractivity contribution is 0.370. The van der Waals surface area contributed by atoms with Crippen LogP contribution in [0.3, 0.4) is 0 Å². The lowest BCUT2D eigenvalue weighted by Crippen LogP contribution is -2.53. The van der Waals surface area contributed by atoms with Crippen molar-refractivity contribution in [1.82, 2.24) is 29.7 Å². The number of aliphatic imine (C=N–C) groups is 1. The standard InChI is InChI=1S/C22H30N8/c1-3-23-21(28-14-16-29(17-15-28)22-24-10-6-11-25-22)26-12-7-13-30-18(2)27-19-8-4-5-9-20(19)30/h4-6,8-11H,3,7,12-17H2,1-2H3,(H,23,26). The highest BCUT2D eigenvalue weighted by atomic mass is 15.4. The SMILES string of the molecule is CCNC(=NCCCn1c(C)nc2ccccc21)N1CCN(c2ncccn2)CC1. The number of imidazole rings is 1. The van der Waals surface area contributed by atoms with E-state index in [1.54, 1.807) is 12.4 Å². The molecule has 1 N–H and O–H groups in total. The van der Waals surface area contributed by atoms with Gasteiger partial charge in [0, 0.05) is 58.2 Å². The van der Waals surface area contributed by atoms with Gasteiger partial charge in [-0.05, 0) is 38.5 Å². The fraction of sp³-hybridized carbons (Fsp3) is 0.455. The summed E-state index contributed by atoms with van der Waals surface area (Å²) < 4.78 is 2.29. The van der Waals surface area contributed by atoms with Crippen molar-refractivity contribution in [3.63, 3.8) is 0 Å². The number of rotatable bonds is 6. The molecule has 1 fully saturated rings. The van der Waals surface area contributed by atoms with Crippen molar-refractivity contribution in [3.05, 3.63) is 48.5 Å². The number of piperazine rings is 1. The number of hydrogen-bond donors (Lipinski definition) is 1. The van der Waals surface area contributed by atoms with Gasteiger partial charge in [-0.15, -0.1) is 0 Å². The summed E-state index contributed by atoms with van der Waals surface area (Å²) in [5, 5.41) is 3.45. The minimum atomic E-state index is 0.788. The van der Waals surface area contributed by atoms with Crippen LogP contribution in [0.1, 0.15) is 19.2 Å². The molecule has 0 aliphatic carbocycles. The van der Waals surface area contributed by atoms with E-state index >= 15 is 0 Å². The average molecular weight is 407 g/mol. The lowest BCUT2D eigenvalue weighted by atomic mass is 10.3. The predicted molar refractivity (Wildman–Crippen MR) is 121 cm³/mol. The molecule has 8 heteroatoms. The number of fused-ring (bicyclic) bond motifs is 1. The average Bonchev–Trinajstić information content (AvgIpc) is 3.11. The molecule has 8 nitrogen and oxygen atoms in total. The molecule has 0 spiro atoms. The van der Waals surface area contributed by atoms with E-state index in [9.17, 15) is 0 Å². The van der Waals surface area contributed by atoms with Gasteiger partial charge in [-0.1, -0.05) is 12.1 Å². The number of para-hydroxylation sites is 2. The quantitative estimate of drug-likeness (QED) is 0.385. The Balaban J connectivity index is 1.33. The number of anilines is 1. The van der Waals surface area contributed by atoms with Gasteiger partial charge in [-0.2, -0.15) is 0 Å². The summed E-state index contributed by atoms with van der Waals surface area (Å²) >= 11 is 0. The summed E-state index contributed by atoms with van der Waals surface area (Å²) in [6.45, 7) is 10.4. The van der Waals surface area contributed by atoms with E-state index in [2.05, 4.69) is 66.7 Å². The second-order valence-electron chi connectivity index (χ2n) is 7.41. The fourth-order valence-corrected chi connectivity index (χ4v) is 3.89. The van der Waals surface area contributed by atoms with Crippen molar-refractivity contribution in [2.45, 2.75) is 26.8 Å². The maximum Gasteiger partial charge on any atom is 0.225 e.